The first-order valence-electron chi connectivity index (χ1n) is 8.63. The molecule has 142 valence electrons. The van der Waals surface area contributed by atoms with Gasteiger partial charge in [-0.25, -0.2) is 14.8 Å². The Kier molecular flexibility index (Phi) is 5.64. The summed E-state index contributed by atoms with van der Waals surface area (Å²) in [6.07, 6.45) is 1.31. The SMILES string of the molecule is COC(=O)c1ccccc1NC(=O)c1cc(Nc2cccc(C)c2C)ncn1. The van der Waals surface area contributed by atoms with Crippen molar-refractivity contribution in [2.75, 3.05) is 17.7 Å². The van der Waals surface area contributed by atoms with Gasteiger partial charge in [0.15, 0.2) is 0 Å². The molecule has 0 saturated carbocycles. The summed E-state index contributed by atoms with van der Waals surface area (Å²) in [7, 11) is 1.29. The summed E-state index contributed by atoms with van der Waals surface area (Å²) in [6, 6.07) is 14.1. The molecule has 0 aliphatic heterocycles. The maximum atomic E-state index is 12.6. The van der Waals surface area contributed by atoms with E-state index in [9.17, 15) is 9.59 Å². The van der Waals surface area contributed by atoms with E-state index in [0.29, 0.717) is 11.5 Å². The number of anilines is 3. The zero-order valence-corrected chi connectivity index (χ0v) is 15.8. The lowest BCUT2D eigenvalue weighted by Crippen LogP contribution is -2.17. The third-order valence-corrected chi connectivity index (χ3v) is 4.35. The van der Waals surface area contributed by atoms with Gasteiger partial charge >= 0.3 is 5.97 Å². The van der Waals surface area contributed by atoms with Crippen LogP contribution in [0.4, 0.5) is 17.2 Å². The lowest BCUT2D eigenvalue weighted by Gasteiger charge is -2.12. The van der Waals surface area contributed by atoms with Crippen LogP contribution in [-0.2, 0) is 4.74 Å². The molecule has 0 aliphatic rings. The molecule has 0 spiro atoms. The number of methoxy groups -OCH3 is 1. The maximum Gasteiger partial charge on any atom is 0.339 e. The molecule has 0 aliphatic carbocycles. The normalized spacial score (nSPS) is 10.2. The molecule has 0 radical (unpaired) electrons. The second-order valence-corrected chi connectivity index (χ2v) is 6.15. The minimum Gasteiger partial charge on any atom is -0.465 e. The average molecular weight is 376 g/mol. The van der Waals surface area contributed by atoms with Crippen LogP contribution in [0.15, 0.2) is 54.9 Å². The summed E-state index contributed by atoms with van der Waals surface area (Å²) in [4.78, 5) is 32.7. The minimum absolute atomic E-state index is 0.169. The van der Waals surface area contributed by atoms with Crippen LogP contribution in [0.25, 0.3) is 0 Å². The fourth-order valence-corrected chi connectivity index (χ4v) is 2.64. The highest BCUT2D eigenvalue weighted by Crippen LogP contribution is 2.22. The first kappa shape index (κ1) is 19.0. The summed E-state index contributed by atoms with van der Waals surface area (Å²) in [5.74, 6) is -0.492. The molecule has 1 heterocycles. The number of carbonyl (C=O) groups excluding carboxylic acids is 2. The molecule has 1 amide bonds. The Morgan fingerprint density at radius 3 is 2.50 bits per heavy atom. The molecule has 0 fully saturated rings. The summed E-state index contributed by atoms with van der Waals surface area (Å²) in [5.41, 5.74) is 3.93. The van der Waals surface area contributed by atoms with Crippen molar-refractivity contribution in [1.82, 2.24) is 9.97 Å². The molecular formula is C21H20N4O3. The zero-order chi connectivity index (χ0) is 20.1. The molecule has 7 nitrogen and oxygen atoms in total. The second-order valence-electron chi connectivity index (χ2n) is 6.15. The van der Waals surface area contributed by atoms with Gasteiger partial charge in [-0.2, -0.15) is 0 Å². The molecule has 2 N–H and O–H groups in total. The van der Waals surface area contributed by atoms with Crippen LogP contribution in [0.2, 0.25) is 0 Å². The zero-order valence-electron chi connectivity index (χ0n) is 15.8. The predicted octanol–water partition coefficient (Wildman–Crippen LogP) is 3.88. The van der Waals surface area contributed by atoms with E-state index in [-0.39, 0.29) is 11.3 Å². The standard InChI is InChI=1S/C21H20N4O3/c1-13-7-6-10-16(14(13)2)24-19-11-18(22-12-23-19)20(26)25-17-9-5-4-8-15(17)21(27)28-3/h4-12H,1-3H3,(H,25,26)(H,22,23,24). The molecule has 1 aromatic heterocycles. The number of para-hydroxylation sites is 1. The van der Waals surface area contributed by atoms with E-state index in [4.69, 9.17) is 4.74 Å². The Hall–Kier alpha value is -3.74. The number of amides is 1. The Labute approximate surface area is 162 Å². The van der Waals surface area contributed by atoms with Crippen molar-refractivity contribution in [3.8, 4) is 0 Å². The number of aromatic nitrogens is 2. The van der Waals surface area contributed by atoms with E-state index in [0.717, 1.165) is 16.8 Å². The molecule has 2 aromatic carbocycles. The van der Waals surface area contributed by atoms with Crippen molar-refractivity contribution in [1.29, 1.82) is 0 Å². The van der Waals surface area contributed by atoms with Gasteiger partial charge in [-0.1, -0.05) is 24.3 Å². The molecule has 28 heavy (non-hydrogen) atoms. The van der Waals surface area contributed by atoms with Crippen molar-refractivity contribution in [2.24, 2.45) is 0 Å². The molecule has 3 rings (SSSR count). The van der Waals surface area contributed by atoms with Crippen molar-refractivity contribution in [3.63, 3.8) is 0 Å². The summed E-state index contributed by atoms with van der Waals surface area (Å²) in [6.45, 7) is 4.04. The number of carbonyl (C=O) groups is 2. The van der Waals surface area contributed by atoms with Crippen LogP contribution < -0.4 is 10.6 Å². The van der Waals surface area contributed by atoms with Crippen LogP contribution in [0.1, 0.15) is 32.0 Å². The van der Waals surface area contributed by atoms with E-state index >= 15 is 0 Å². The number of hydrogen-bond acceptors (Lipinski definition) is 6. The number of hydrogen-bond donors (Lipinski definition) is 2. The second kappa shape index (κ2) is 8.30. The lowest BCUT2D eigenvalue weighted by molar-refractivity contribution is 0.0602. The first-order valence-corrected chi connectivity index (χ1v) is 8.63. The Morgan fingerprint density at radius 2 is 1.71 bits per heavy atom. The number of nitrogens with one attached hydrogen (secondary N) is 2. The number of aryl methyl sites for hydroxylation is 1. The van der Waals surface area contributed by atoms with Gasteiger partial charge in [0.25, 0.3) is 5.91 Å². The molecular weight excluding hydrogens is 356 g/mol. The minimum atomic E-state index is -0.532. The van der Waals surface area contributed by atoms with Crippen molar-refractivity contribution in [2.45, 2.75) is 13.8 Å². The smallest absolute Gasteiger partial charge is 0.339 e. The fourth-order valence-electron chi connectivity index (χ4n) is 2.64. The monoisotopic (exact) mass is 376 g/mol. The molecule has 0 bridgehead atoms. The highest BCUT2D eigenvalue weighted by Gasteiger charge is 2.15. The first-order chi connectivity index (χ1) is 13.5. The van der Waals surface area contributed by atoms with Gasteiger partial charge in [0.1, 0.15) is 17.8 Å². The van der Waals surface area contributed by atoms with Gasteiger partial charge in [-0.3, -0.25) is 4.79 Å². The summed E-state index contributed by atoms with van der Waals surface area (Å²) >= 11 is 0. The van der Waals surface area contributed by atoms with E-state index in [2.05, 4.69) is 20.6 Å². The summed E-state index contributed by atoms with van der Waals surface area (Å²) < 4.78 is 4.74. The van der Waals surface area contributed by atoms with E-state index < -0.39 is 11.9 Å². The van der Waals surface area contributed by atoms with Gasteiger partial charge in [0, 0.05) is 11.8 Å². The molecule has 0 unspecified atom stereocenters. The van der Waals surface area contributed by atoms with Crippen molar-refractivity contribution < 1.29 is 14.3 Å². The molecule has 7 heteroatoms. The fraction of sp³-hybridized carbons (Fsp3) is 0.143. The average Bonchev–Trinajstić information content (AvgIpc) is 2.71. The topological polar surface area (TPSA) is 93.2 Å². The third-order valence-electron chi connectivity index (χ3n) is 4.35. The van der Waals surface area contributed by atoms with Crippen molar-refractivity contribution >= 4 is 29.1 Å². The van der Waals surface area contributed by atoms with Crippen LogP contribution in [-0.4, -0.2) is 29.0 Å². The number of ether oxygens (including phenoxy) is 1. The van der Waals surface area contributed by atoms with Crippen molar-refractivity contribution in [3.05, 3.63) is 77.2 Å². The van der Waals surface area contributed by atoms with Gasteiger partial charge < -0.3 is 15.4 Å². The van der Waals surface area contributed by atoms with Gasteiger partial charge in [0.2, 0.25) is 0 Å². The third kappa shape index (κ3) is 4.15. The Bertz CT molecular complexity index is 1030. The van der Waals surface area contributed by atoms with Gasteiger partial charge in [-0.05, 0) is 43.2 Å². The number of nitrogens with zero attached hydrogens (tertiary/aromatic N) is 2. The van der Waals surface area contributed by atoms with E-state index in [1.54, 1.807) is 30.3 Å². The highest BCUT2D eigenvalue weighted by atomic mass is 16.5. The van der Waals surface area contributed by atoms with E-state index in [1.807, 2.05) is 32.0 Å². The lowest BCUT2D eigenvalue weighted by atomic mass is 10.1. The van der Waals surface area contributed by atoms with E-state index in [1.165, 1.54) is 13.4 Å². The Morgan fingerprint density at radius 1 is 0.964 bits per heavy atom. The van der Waals surface area contributed by atoms with Gasteiger partial charge in [0.05, 0.1) is 18.4 Å². The quantitative estimate of drug-likeness (QED) is 0.657. The largest absolute Gasteiger partial charge is 0.465 e. The number of esters is 1. The molecule has 0 saturated heterocycles. The molecule has 3 aromatic rings. The maximum absolute atomic E-state index is 12.6. The van der Waals surface area contributed by atoms with Crippen LogP contribution >= 0.6 is 0 Å². The summed E-state index contributed by atoms with van der Waals surface area (Å²) in [5, 5.41) is 5.90. The highest BCUT2D eigenvalue weighted by molar-refractivity contribution is 6.07. The predicted molar refractivity (Wildman–Crippen MR) is 107 cm³/mol. The van der Waals surface area contributed by atoms with Gasteiger partial charge in [-0.15, -0.1) is 0 Å². The van der Waals surface area contributed by atoms with Crippen LogP contribution in [0.3, 0.4) is 0 Å². The number of benzene rings is 2. The van der Waals surface area contributed by atoms with Crippen LogP contribution in [0.5, 0.6) is 0 Å². The van der Waals surface area contributed by atoms with Crippen LogP contribution in [0, 0.1) is 13.8 Å². The number of rotatable bonds is 5. The molecule has 0 atom stereocenters. The Balaban J connectivity index is 1.82.